The fraction of sp³-hybridized carbons (Fsp3) is 0.938. The third kappa shape index (κ3) is 5.47. The van der Waals surface area contributed by atoms with E-state index in [1.165, 1.54) is 64.2 Å². The Labute approximate surface area is 128 Å². The molecule has 2 aliphatic carbocycles. The molecule has 0 aliphatic heterocycles. The normalized spacial score (nSPS) is 22.2. The molecule has 2 saturated carbocycles. The number of carboxylic acid groups (broad SMARTS) is 1. The van der Waals surface area contributed by atoms with Gasteiger partial charge in [0.1, 0.15) is 0 Å². The predicted molar refractivity (Wildman–Crippen MR) is 73.5 cm³/mol. The molecule has 19 heavy (non-hydrogen) atoms. The molecule has 2 rings (SSSR count). The molecule has 0 heterocycles. The van der Waals surface area contributed by atoms with Crippen molar-refractivity contribution in [3.63, 3.8) is 0 Å². The van der Waals surface area contributed by atoms with Crippen LogP contribution < -0.4 is 0 Å². The van der Waals surface area contributed by atoms with Gasteiger partial charge in [-0.3, -0.25) is 4.79 Å². The molecule has 2 aliphatic rings. The van der Waals surface area contributed by atoms with E-state index in [1.54, 1.807) is 0 Å². The summed E-state index contributed by atoms with van der Waals surface area (Å²) in [5, 5.41) is 8.96. The molecule has 0 aromatic heterocycles. The third-order valence-electron chi connectivity index (χ3n) is 5.20. The van der Waals surface area contributed by atoms with Crippen molar-refractivity contribution in [3.05, 3.63) is 0 Å². The van der Waals surface area contributed by atoms with Gasteiger partial charge in [-0.2, -0.15) is 0 Å². The summed E-state index contributed by atoms with van der Waals surface area (Å²) in [4.78, 5) is 10.9. The smallest absolute Gasteiger partial charge is 0.303 e. The van der Waals surface area contributed by atoms with Gasteiger partial charge in [0.25, 0.3) is 0 Å². The summed E-state index contributed by atoms with van der Waals surface area (Å²) in [5.41, 5.74) is 0. The van der Waals surface area contributed by atoms with E-state index in [-0.39, 0.29) is 17.1 Å². The second kappa shape index (κ2) is 9.02. The number of hydrogen-bond donors (Lipinski definition) is 1. The minimum absolute atomic E-state index is 0. The van der Waals surface area contributed by atoms with Gasteiger partial charge in [-0.05, 0) is 24.2 Å². The van der Waals surface area contributed by atoms with E-state index in [0.717, 1.165) is 18.3 Å². The summed E-state index contributed by atoms with van der Waals surface area (Å²) in [6.45, 7) is 0. The molecule has 3 heteroatoms. The van der Waals surface area contributed by atoms with E-state index < -0.39 is 5.97 Å². The second-order valence-corrected chi connectivity index (χ2v) is 6.39. The van der Waals surface area contributed by atoms with Crippen LogP contribution >= 0.6 is 0 Å². The molecule has 0 atom stereocenters. The van der Waals surface area contributed by atoms with E-state index >= 15 is 0 Å². The Morgan fingerprint density at radius 3 is 1.68 bits per heavy atom. The van der Waals surface area contributed by atoms with Crippen molar-refractivity contribution >= 4 is 5.97 Å². The van der Waals surface area contributed by atoms with Crippen molar-refractivity contribution in [2.75, 3.05) is 0 Å². The largest absolute Gasteiger partial charge is 0.481 e. The molecule has 0 amide bonds. The van der Waals surface area contributed by atoms with Crippen LogP contribution in [0.3, 0.4) is 0 Å². The molecular formula is C16H28MnO2. The molecular weight excluding hydrogens is 279 g/mol. The first-order valence-electron chi connectivity index (χ1n) is 7.99. The van der Waals surface area contributed by atoms with Crippen LogP contribution in [0.4, 0.5) is 0 Å². The van der Waals surface area contributed by atoms with Crippen molar-refractivity contribution in [1.29, 1.82) is 0 Å². The summed E-state index contributed by atoms with van der Waals surface area (Å²) in [5.74, 6) is 1.77. The van der Waals surface area contributed by atoms with Gasteiger partial charge in [0.05, 0.1) is 0 Å². The molecule has 1 N–H and O–H groups in total. The number of aliphatic carboxylic acids is 1. The average molecular weight is 307 g/mol. The van der Waals surface area contributed by atoms with Crippen LogP contribution in [0, 0.1) is 17.8 Å². The maximum Gasteiger partial charge on any atom is 0.303 e. The maximum atomic E-state index is 10.9. The molecule has 1 radical (unpaired) electrons. The first-order chi connectivity index (χ1) is 8.77. The fourth-order valence-electron chi connectivity index (χ4n) is 4.27. The monoisotopic (exact) mass is 307 g/mol. The van der Waals surface area contributed by atoms with Crippen LogP contribution in [0.15, 0.2) is 0 Å². The van der Waals surface area contributed by atoms with E-state index in [9.17, 15) is 4.79 Å². The fourth-order valence-corrected chi connectivity index (χ4v) is 4.27. The molecule has 2 fully saturated rings. The molecule has 0 unspecified atom stereocenters. The van der Waals surface area contributed by atoms with Crippen molar-refractivity contribution in [2.24, 2.45) is 17.8 Å². The molecule has 0 saturated heterocycles. The van der Waals surface area contributed by atoms with Crippen LogP contribution in [-0.4, -0.2) is 11.1 Å². The number of carbonyl (C=O) groups is 1. The zero-order valence-electron chi connectivity index (χ0n) is 12.0. The average Bonchev–Trinajstić information content (AvgIpc) is 2.41. The number of hydrogen-bond acceptors (Lipinski definition) is 1. The summed E-state index contributed by atoms with van der Waals surface area (Å²) in [7, 11) is 0. The zero-order valence-corrected chi connectivity index (χ0v) is 13.1. The summed E-state index contributed by atoms with van der Waals surface area (Å²) < 4.78 is 0. The van der Waals surface area contributed by atoms with Gasteiger partial charge in [0.15, 0.2) is 0 Å². The van der Waals surface area contributed by atoms with Crippen LogP contribution in [0.5, 0.6) is 0 Å². The van der Waals surface area contributed by atoms with Crippen molar-refractivity contribution in [3.8, 4) is 0 Å². The van der Waals surface area contributed by atoms with Gasteiger partial charge in [0, 0.05) is 23.5 Å². The number of carboxylic acids is 1. The maximum absolute atomic E-state index is 10.9. The van der Waals surface area contributed by atoms with E-state index in [2.05, 4.69) is 0 Å². The topological polar surface area (TPSA) is 37.3 Å². The molecule has 2 nitrogen and oxygen atoms in total. The quantitative estimate of drug-likeness (QED) is 0.752. The van der Waals surface area contributed by atoms with Crippen LogP contribution in [0.25, 0.3) is 0 Å². The van der Waals surface area contributed by atoms with E-state index in [1.807, 2.05) is 0 Å². The van der Waals surface area contributed by atoms with Gasteiger partial charge in [-0.15, -0.1) is 0 Å². The molecule has 0 spiro atoms. The number of rotatable bonds is 5. The first-order valence-corrected chi connectivity index (χ1v) is 7.99. The molecule has 111 valence electrons. The Morgan fingerprint density at radius 1 is 0.895 bits per heavy atom. The molecule has 0 aromatic rings. The summed E-state index contributed by atoms with van der Waals surface area (Å²) in [6.07, 6.45) is 15.1. The molecule has 0 bridgehead atoms. The summed E-state index contributed by atoms with van der Waals surface area (Å²) >= 11 is 0. The van der Waals surface area contributed by atoms with E-state index in [0.29, 0.717) is 12.3 Å². The Kier molecular flexibility index (Phi) is 8.09. The minimum atomic E-state index is -0.605. The molecule has 0 aromatic carbocycles. The third-order valence-corrected chi connectivity index (χ3v) is 5.20. The first kappa shape index (κ1) is 17.0. The Hall–Kier alpha value is -0.0105. The van der Waals surface area contributed by atoms with Gasteiger partial charge < -0.3 is 5.11 Å². The SMILES string of the molecule is O=C(O)CCC(C1CCCCC1)C1CCCCC1.[Mn]. The van der Waals surface area contributed by atoms with Gasteiger partial charge in [0.2, 0.25) is 0 Å². The Balaban J connectivity index is 0.00000180. The van der Waals surface area contributed by atoms with Gasteiger partial charge in [-0.25, -0.2) is 0 Å². The minimum Gasteiger partial charge on any atom is -0.481 e. The van der Waals surface area contributed by atoms with Crippen LogP contribution in [0.2, 0.25) is 0 Å². The summed E-state index contributed by atoms with van der Waals surface area (Å²) in [6, 6.07) is 0. The van der Waals surface area contributed by atoms with Gasteiger partial charge in [-0.1, -0.05) is 64.2 Å². The van der Waals surface area contributed by atoms with Crippen molar-refractivity contribution < 1.29 is 27.0 Å². The van der Waals surface area contributed by atoms with Crippen LogP contribution in [0.1, 0.15) is 77.0 Å². The van der Waals surface area contributed by atoms with Crippen molar-refractivity contribution in [2.45, 2.75) is 77.0 Å². The second-order valence-electron chi connectivity index (χ2n) is 6.39. The van der Waals surface area contributed by atoms with Gasteiger partial charge >= 0.3 is 5.97 Å². The Bertz CT molecular complexity index is 237. The standard InChI is InChI=1S/C16H28O2.Mn/c17-16(18)12-11-15(13-7-3-1-4-8-13)14-9-5-2-6-10-14;/h13-15H,1-12H2,(H,17,18);. The zero-order chi connectivity index (χ0) is 12.8. The van der Waals surface area contributed by atoms with Crippen LogP contribution in [-0.2, 0) is 21.9 Å². The van der Waals surface area contributed by atoms with E-state index in [4.69, 9.17) is 5.11 Å². The predicted octanol–water partition coefficient (Wildman–Crippen LogP) is 4.63. The Morgan fingerprint density at radius 2 is 1.32 bits per heavy atom. The van der Waals surface area contributed by atoms with Crippen molar-refractivity contribution in [1.82, 2.24) is 0 Å².